The quantitative estimate of drug-likeness (QED) is 0.785. The molecular formula is C18H29NO3. The molecule has 2 rings (SSSR count). The molecule has 0 amide bonds. The maximum absolute atomic E-state index is 6.12. The Balaban J connectivity index is 2.13. The zero-order chi connectivity index (χ0) is 16.0. The molecule has 0 aromatic heterocycles. The SMILES string of the molecule is CCOc1ccccc1C(CN)C1CCC(OC)(OC)CC1. The minimum absolute atomic E-state index is 0.328. The van der Waals surface area contributed by atoms with Crippen LogP contribution in [0, 0.1) is 5.92 Å². The third kappa shape index (κ3) is 3.62. The third-order valence-corrected chi connectivity index (χ3v) is 4.98. The third-order valence-electron chi connectivity index (χ3n) is 4.98. The lowest BCUT2D eigenvalue weighted by atomic mass is 9.74. The van der Waals surface area contributed by atoms with Crippen LogP contribution in [-0.2, 0) is 9.47 Å². The Kier molecular flexibility index (Phi) is 6.24. The van der Waals surface area contributed by atoms with Crippen LogP contribution in [0.15, 0.2) is 24.3 Å². The van der Waals surface area contributed by atoms with E-state index in [9.17, 15) is 0 Å². The molecule has 0 bridgehead atoms. The molecule has 1 saturated carbocycles. The standard InChI is InChI=1S/C18H29NO3/c1-4-22-17-8-6-5-7-15(17)16(13-19)14-9-11-18(20-2,21-3)12-10-14/h5-8,14,16H,4,9-13,19H2,1-3H3. The van der Waals surface area contributed by atoms with Gasteiger partial charge in [-0.2, -0.15) is 0 Å². The van der Waals surface area contributed by atoms with Crippen LogP contribution < -0.4 is 10.5 Å². The Labute approximate surface area is 133 Å². The predicted octanol–water partition coefficient (Wildman–Crippen LogP) is 3.31. The summed E-state index contributed by atoms with van der Waals surface area (Å²) in [6, 6.07) is 8.28. The van der Waals surface area contributed by atoms with Crippen LogP contribution in [0.5, 0.6) is 5.75 Å². The second-order valence-electron chi connectivity index (χ2n) is 5.97. The summed E-state index contributed by atoms with van der Waals surface area (Å²) in [7, 11) is 3.46. The maximum atomic E-state index is 6.12. The lowest BCUT2D eigenvalue weighted by Gasteiger charge is -2.40. The van der Waals surface area contributed by atoms with Crippen molar-refractivity contribution in [3.63, 3.8) is 0 Å². The summed E-state index contributed by atoms with van der Waals surface area (Å²) in [6.45, 7) is 3.33. The van der Waals surface area contributed by atoms with E-state index in [1.54, 1.807) is 14.2 Å². The topological polar surface area (TPSA) is 53.7 Å². The molecule has 2 N–H and O–H groups in total. The summed E-state index contributed by atoms with van der Waals surface area (Å²) < 4.78 is 16.9. The Bertz CT molecular complexity index is 449. The number of hydrogen-bond acceptors (Lipinski definition) is 4. The van der Waals surface area contributed by atoms with Gasteiger partial charge in [-0.15, -0.1) is 0 Å². The smallest absolute Gasteiger partial charge is 0.167 e. The summed E-state index contributed by atoms with van der Waals surface area (Å²) in [5, 5.41) is 0. The highest BCUT2D eigenvalue weighted by Crippen LogP contribution is 2.43. The van der Waals surface area contributed by atoms with Crippen LogP contribution in [0.3, 0.4) is 0 Å². The number of nitrogens with two attached hydrogens (primary N) is 1. The highest BCUT2D eigenvalue weighted by atomic mass is 16.7. The molecule has 22 heavy (non-hydrogen) atoms. The van der Waals surface area contributed by atoms with Crippen molar-refractivity contribution in [3.05, 3.63) is 29.8 Å². The summed E-state index contributed by atoms with van der Waals surface area (Å²) >= 11 is 0. The average molecular weight is 307 g/mol. The molecule has 4 nitrogen and oxygen atoms in total. The van der Waals surface area contributed by atoms with Crippen molar-refractivity contribution >= 4 is 0 Å². The second-order valence-corrected chi connectivity index (χ2v) is 5.97. The normalized spacial score (nSPS) is 19.8. The van der Waals surface area contributed by atoms with Crippen molar-refractivity contribution in [3.8, 4) is 5.75 Å². The van der Waals surface area contributed by atoms with Gasteiger partial charge in [0.15, 0.2) is 5.79 Å². The fraction of sp³-hybridized carbons (Fsp3) is 0.667. The van der Waals surface area contributed by atoms with Gasteiger partial charge in [-0.3, -0.25) is 0 Å². The van der Waals surface area contributed by atoms with E-state index in [1.165, 1.54) is 5.56 Å². The Hall–Kier alpha value is -1.10. The van der Waals surface area contributed by atoms with E-state index < -0.39 is 5.79 Å². The molecule has 1 atom stereocenters. The van der Waals surface area contributed by atoms with Gasteiger partial charge in [0.2, 0.25) is 0 Å². The van der Waals surface area contributed by atoms with Gasteiger partial charge < -0.3 is 19.9 Å². The lowest BCUT2D eigenvalue weighted by Crippen LogP contribution is -2.40. The van der Waals surface area contributed by atoms with Gasteiger partial charge >= 0.3 is 0 Å². The van der Waals surface area contributed by atoms with E-state index in [1.807, 2.05) is 19.1 Å². The molecule has 0 aliphatic heterocycles. The van der Waals surface area contributed by atoms with E-state index in [4.69, 9.17) is 19.9 Å². The number of hydrogen-bond donors (Lipinski definition) is 1. The number of methoxy groups -OCH3 is 2. The van der Waals surface area contributed by atoms with Crippen molar-refractivity contribution in [2.75, 3.05) is 27.4 Å². The summed E-state index contributed by atoms with van der Waals surface area (Å²) in [4.78, 5) is 0. The van der Waals surface area contributed by atoms with Crippen molar-refractivity contribution in [2.24, 2.45) is 11.7 Å². The van der Waals surface area contributed by atoms with Crippen molar-refractivity contribution < 1.29 is 14.2 Å². The van der Waals surface area contributed by atoms with Crippen LogP contribution in [0.4, 0.5) is 0 Å². The first-order valence-corrected chi connectivity index (χ1v) is 8.21. The van der Waals surface area contributed by atoms with Crippen molar-refractivity contribution in [1.82, 2.24) is 0 Å². The van der Waals surface area contributed by atoms with Gasteiger partial charge in [-0.25, -0.2) is 0 Å². The Morgan fingerprint density at radius 2 is 1.82 bits per heavy atom. The second kappa shape index (κ2) is 7.95. The molecule has 1 fully saturated rings. The molecule has 0 heterocycles. The number of ether oxygens (including phenoxy) is 3. The van der Waals surface area contributed by atoms with Crippen LogP contribution in [-0.4, -0.2) is 33.2 Å². The van der Waals surface area contributed by atoms with Gasteiger partial charge in [-0.05, 0) is 43.9 Å². The minimum Gasteiger partial charge on any atom is -0.494 e. The first kappa shape index (κ1) is 17.3. The fourth-order valence-electron chi connectivity index (χ4n) is 3.62. The van der Waals surface area contributed by atoms with Gasteiger partial charge in [0.25, 0.3) is 0 Å². The largest absolute Gasteiger partial charge is 0.494 e. The van der Waals surface area contributed by atoms with Gasteiger partial charge in [-0.1, -0.05) is 18.2 Å². The summed E-state index contributed by atoms with van der Waals surface area (Å²) in [5.41, 5.74) is 7.35. The molecule has 1 aromatic carbocycles. The van der Waals surface area contributed by atoms with E-state index in [-0.39, 0.29) is 0 Å². The average Bonchev–Trinajstić information content (AvgIpc) is 2.58. The molecule has 1 aliphatic carbocycles. The zero-order valence-electron chi connectivity index (χ0n) is 14.0. The van der Waals surface area contributed by atoms with Gasteiger partial charge in [0, 0.05) is 33.0 Å². The monoisotopic (exact) mass is 307 g/mol. The highest BCUT2D eigenvalue weighted by molar-refractivity contribution is 5.37. The number of para-hydroxylation sites is 1. The maximum Gasteiger partial charge on any atom is 0.167 e. The first-order valence-electron chi connectivity index (χ1n) is 8.21. The zero-order valence-corrected chi connectivity index (χ0v) is 14.0. The molecule has 124 valence electrons. The molecule has 1 unspecified atom stereocenters. The van der Waals surface area contributed by atoms with Gasteiger partial charge in [0.1, 0.15) is 5.75 Å². The van der Waals surface area contributed by atoms with E-state index in [0.29, 0.717) is 25.0 Å². The number of rotatable bonds is 7. The molecule has 1 aromatic rings. The van der Waals surface area contributed by atoms with Crippen LogP contribution in [0.2, 0.25) is 0 Å². The summed E-state index contributed by atoms with van der Waals surface area (Å²) in [5.74, 6) is 1.44. The summed E-state index contributed by atoms with van der Waals surface area (Å²) in [6.07, 6.45) is 3.95. The van der Waals surface area contributed by atoms with Gasteiger partial charge in [0.05, 0.1) is 6.61 Å². The minimum atomic E-state index is -0.408. The first-order chi connectivity index (χ1) is 10.7. The van der Waals surface area contributed by atoms with E-state index >= 15 is 0 Å². The Morgan fingerprint density at radius 3 is 2.36 bits per heavy atom. The Morgan fingerprint density at radius 1 is 1.18 bits per heavy atom. The van der Waals surface area contributed by atoms with Crippen LogP contribution in [0.1, 0.15) is 44.1 Å². The van der Waals surface area contributed by atoms with Crippen molar-refractivity contribution in [1.29, 1.82) is 0 Å². The van der Waals surface area contributed by atoms with Crippen molar-refractivity contribution in [2.45, 2.75) is 44.3 Å². The molecule has 1 aliphatic rings. The molecule has 0 saturated heterocycles. The van der Waals surface area contributed by atoms with E-state index in [2.05, 4.69) is 12.1 Å². The lowest BCUT2D eigenvalue weighted by molar-refractivity contribution is -0.228. The molecule has 0 radical (unpaired) electrons. The van der Waals surface area contributed by atoms with Crippen LogP contribution in [0.25, 0.3) is 0 Å². The molecular weight excluding hydrogens is 278 g/mol. The predicted molar refractivity (Wildman–Crippen MR) is 88.1 cm³/mol. The van der Waals surface area contributed by atoms with Crippen LogP contribution >= 0.6 is 0 Å². The van der Waals surface area contributed by atoms with E-state index in [0.717, 1.165) is 31.4 Å². The molecule has 0 spiro atoms. The fourth-order valence-corrected chi connectivity index (χ4v) is 3.62. The highest BCUT2D eigenvalue weighted by Gasteiger charge is 2.38. The number of benzene rings is 1. The molecule has 4 heteroatoms.